The molecule has 0 radical (unpaired) electrons. The molecule has 0 amide bonds. The van der Waals surface area contributed by atoms with E-state index in [4.69, 9.17) is 18.9 Å². The maximum absolute atomic E-state index is 12.8. The lowest BCUT2D eigenvalue weighted by Gasteiger charge is -2.40. The zero-order valence-corrected chi connectivity index (χ0v) is 34.1. The van der Waals surface area contributed by atoms with Gasteiger partial charge in [0.1, 0.15) is 36.8 Å². The van der Waals surface area contributed by atoms with Crippen LogP contribution in [0.1, 0.15) is 168 Å². The number of hydrogen-bond donors (Lipinski definition) is 4. The molecule has 12 nitrogen and oxygen atoms in total. The fraction of sp³-hybridized carbons (Fsp3) is 0.854. The van der Waals surface area contributed by atoms with Gasteiger partial charge in [-0.1, -0.05) is 134 Å². The van der Waals surface area contributed by atoms with Crippen LogP contribution in [0.5, 0.6) is 0 Å². The first-order chi connectivity index (χ1) is 26.0. The van der Waals surface area contributed by atoms with Crippen molar-refractivity contribution in [1.29, 1.82) is 0 Å². The van der Waals surface area contributed by atoms with E-state index in [2.05, 4.69) is 38.2 Å². The number of allylic oxidation sites excluding steroid dienone is 4. The molecule has 1 aliphatic rings. The number of esters is 2. The Bertz CT molecular complexity index is 1110. The minimum absolute atomic E-state index is 0.150. The van der Waals surface area contributed by atoms with Crippen LogP contribution in [0.4, 0.5) is 0 Å². The summed E-state index contributed by atoms with van der Waals surface area (Å²) in [6, 6.07) is 0. The van der Waals surface area contributed by atoms with Crippen LogP contribution >= 0.6 is 0 Å². The SMILES string of the molecule is CCCCC/C=C\C/C=C\CCCCCCCC(=O)OC(COC(=O)CCCCCCCCCCCCC)COC1OC(CS(=O)(=O)O)C(O)C(O)C1O. The van der Waals surface area contributed by atoms with Crippen molar-refractivity contribution < 1.29 is 56.8 Å². The summed E-state index contributed by atoms with van der Waals surface area (Å²) in [4.78, 5) is 25.3. The average Bonchev–Trinajstić information content (AvgIpc) is 3.13. The molecule has 0 aromatic rings. The Morgan fingerprint density at radius 3 is 1.67 bits per heavy atom. The van der Waals surface area contributed by atoms with Crippen molar-refractivity contribution in [3.05, 3.63) is 24.3 Å². The zero-order valence-electron chi connectivity index (χ0n) is 33.3. The van der Waals surface area contributed by atoms with Gasteiger partial charge < -0.3 is 34.3 Å². The Morgan fingerprint density at radius 1 is 0.630 bits per heavy atom. The van der Waals surface area contributed by atoms with Gasteiger partial charge in [0.2, 0.25) is 0 Å². The molecular weight excluding hydrogens is 717 g/mol. The van der Waals surface area contributed by atoms with Gasteiger partial charge in [0, 0.05) is 12.8 Å². The van der Waals surface area contributed by atoms with Gasteiger partial charge in [-0.15, -0.1) is 0 Å². The molecule has 6 unspecified atom stereocenters. The molecule has 4 N–H and O–H groups in total. The number of hydrogen-bond acceptors (Lipinski definition) is 11. The van der Waals surface area contributed by atoms with Gasteiger partial charge in [0.25, 0.3) is 10.1 Å². The maximum Gasteiger partial charge on any atom is 0.306 e. The summed E-state index contributed by atoms with van der Waals surface area (Å²) in [6.45, 7) is 3.70. The van der Waals surface area contributed by atoms with Gasteiger partial charge in [0.15, 0.2) is 12.4 Å². The number of rotatable bonds is 34. The van der Waals surface area contributed by atoms with Crippen LogP contribution in [-0.2, 0) is 38.7 Å². The van der Waals surface area contributed by atoms with Crippen molar-refractivity contribution in [2.24, 2.45) is 0 Å². The van der Waals surface area contributed by atoms with Gasteiger partial charge in [-0.3, -0.25) is 14.1 Å². The molecule has 13 heteroatoms. The van der Waals surface area contributed by atoms with E-state index in [9.17, 15) is 37.9 Å². The average molecular weight is 791 g/mol. The highest BCUT2D eigenvalue weighted by atomic mass is 32.2. The summed E-state index contributed by atoms with van der Waals surface area (Å²) in [5, 5.41) is 30.8. The zero-order chi connectivity index (χ0) is 39.9. The molecule has 0 spiro atoms. The molecular formula is C41H74O12S. The van der Waals surface area contributed by atoms with Crippen LogP contribution < -0.4 is 0 Å². The molecule has 0 saturated carbocycles. The third kappa shape index (κ3) is 26.9. The largest absolute Gasteiger partial charge is 0.462 e. The second kappa shape index (κ2) is 32.2. The van der Waals surface area contributed by atoms with E-state index in [1.807, 2.05) is 0 Å². The van der Waals surface area contributed by atoms with Gasteiger partial charge in [-0.2, -0.15) is 8.42 Å². The first kappa shape index (κ1) is 50.1. The molecule has 0 aromatic heterocycles. The summed E-state index contributed by atoms with van der Waals surface area (Å²) in [7, 11) is -4.60. The fourth-order valence-electron chi connectivity index (χ4n) is 6.24. The van der Waals surface area contributed by atoms with Crippen molar-refractivity contribution >= 4 is 22.1 Å². The number of ether oxygens (including phenoxy) is 4. The van der Waals surface area contributed by atoms with Gasteiger partial charge in [0.05, 0.1) is 6.61 Å². The number of aliphatic hydroxyl groups excluding tert-OH is 3. The van der Waals surface area contributed by atoms with Crippen LogP contribution in [0, 0.1) is 0 Å². The second-order valence-corrected chi connectivity index (χ2v) is 16.2. The second-order valence-electron chi connectivity index (χ2n) is 14.7. The van der Waals surface area contributed by atoms with Gasteiger partial charge in [-0.25, -0.2) is 0 Å². The third-order valence-electron chi connectivity index (χ3n) is 9.53. The monoisotopic (exact) mass is 790 g/mol. The van der Waals surface area contributed by atoms with Gasteiger partial charge >= 0.3 is 11.9 Å². The first-order valence-corrected chi connectivity index (χ1v) is 22.5. The van der Waals surface area contributed by atoms with Crippen molar-refractivity contribution in [1.82, 2.24) is 0 Å². The number of carbonyl (C=O) groups is 2. The predicted molar refractivity (Wildman–Crippen MR) is 210 cm³/mol. The van der Waals surface area contributed by atoms with E-state index in [1.54, 1.807) is 0 Å². The number of unbranched alkanes of at least 4 members (excludes halogenated alkanes) is 18. The van der Waals surface area contributed by atoms with E-state index < -0.39 is 71.2 Å². The Hall–Kier alpha value is -1.87. The van der Waals surface area contributed by atoms with Gasteiger partial charge in [-0.05, 0) is 44.9 Å². The quantitative estimate of drug-likeness (QED) is 0.0216. The summed E-state index contributed by atoms with van der Waals surface area (Å²) >= 11 is 0. The van der Waals surface area contributed by atoms with E-state index in [0.29, 0.717) is 12.8 Å². The highest BCUT2D eigenvalue weighted by Crippen LogP contribution is 2.24. The lowest BCUT2D eigenvalue weighted by Crippen LogP contribution is -2.60. The van der Waals surface area contributed by atoms with Crippen LogP contribution in [0.3, 0.4) is 0 Å². The van der Waals surface area contributed by atoms with Crippen LogP contribution in [0.2, 0.25) is 0 Å². The van der Waals surface area contributed by atoms with Crippen LogP contribution in [0.15, 0.2) is 24.3 Å². The van der Waals surface area contributed by atoms with Crippen LogP contribution in [-0.4, -0.2) is 96.0 Å². The van der Waals surface area contributed by atoms with Crippen molar-refractivity contribution in [3.8, 4) is 0 Å². The van der Waals surface area contributed by atoms with E-state index >= 15 is 0 Å². The molecule has 54 heavy (non-hydrogen) atoms. The van der Waals surface area contributed by atoms with Crippen molar-refractivity contribution in [2.45, 2.75) is 205 Å². The third-order valence-corrected chi connectivity index (χ3v) is 10.3. The Morgan fingerprint density at radius 2 is 1.11 bits per heavy atom. The van der Waals surface area contributed by atoms with Crippen molar-refractivity contribution in [2.75, 3.05) is 19.0 Å². The molecule has 1 heterocycles. The standard InChI is InChI=1S/C41H74O12S/c1-3-5-7-9-11-13-15-16-17-18-20-22-24-26-28-30-37(43)52-34(31-50-36(42)29-27-25-23-21-19-14-12-10-8-6-4-2)32-51-41-40(46)39(45)38(44)35(53-41)33-54(47,48)49/h11,13,16-17,34-35,38-41,44-46H,3-10,12,14-15,18-33H2,1-2H3,(H,47,48,49)/b13-11-,17-16-. The van der Waals surface area contributed by atoms with E-state index in [1.165, 1.54) is 64.2 Å². The lowest BCUT2D eigenvalue weighted by molar-refractivity contribution is -0.297. The molecule has 1 fully saturated rings. The molecule has 1 saturated heterocycles. The minimum atomic E-state index is -4.60. The Labute approximate surface area is 326 Å². The number of aliphatic hydroxyl groups is 3. The molecule has 0 aliphatic carbocycles. The molecule has 1 rings (SSSR count). The lowest BCUT2D eigenvalue weighted by atomic mass is 10.00. The highest BCUT2D eigenvalue weighted by Gasteiger charge is 2.46. The molecule has 1 aliphatic heterocycles. The summed E-state index contributed by atoms with van der Waals surface area (Å²) in [6.07, 6.45) is 23.7. The smallest absolute Gasteiger partial charge is 0.306 e. The highest BCUT2D eigenvalue weighted by molar-refractivity contribution is 7.85. The minimum Gasteiger partial charge on any atom is -0.462 e. The Balaban J connectivity index is 2.50. The van der Waals surface area contributed by atoms with E-state index in [0.717, 1.165) is 64.2 Å². The molecule has 6 atom stereocenters. The first-order valence-electron chi connectivity index (χ1n) is 20.9. The molecule has 0 aromatic carbocycles. The Kier molecular flexibility index (Phi) is 29.9. The normalized spacial score (nSPS) is 21.2. The van der Waals surface area contributed by atoms with E-state index in [-0.39, 0.29) is 19.4 Å². The van der Waals surface area contributed by atoms with Crippen molar-refractivity contribution in [3.63, 3.8) is 0 Å². The number of carbonyl (C=O) groups excluding carboxylic acids is 2. The summed E-state index contributed by atoms with van der Waals surface area (Å²) in [5.74, 6) is -2.00. The molecule has 0 bridgehead atoms. The maximum atomic E-state index is 12.8. The van der Waals surface area contributed by atoms with Crippen LogP contribution in [0.25, 0.3) is 0 Å². The summed E-state index contributed by atoms with van der Waals surface area (Å²) in [5.41, 5.74) is 0. The topological polar surface area (TPSA) is 186 Å². The fourth-order valence-corrected chi connectivity index (χ4v) is 6.93. The summed E-state index contributed by atoms with van der Waals surface area (Å²) < 4.78 is 53.9. The predicted octanol–water partition coefficient (Wildman–Crippen LogP) is 7.67. The molecule has 316 valence electrons.